The summed E-state index contributed by atoms with van der Waals surface area (Å²) in [6, 6.07) is -0.820. The molecule has 84 valence electrons. The largest absolute Gasteiger partial charge is 0.391 e. The van der Waals surface area contributed by atoms with Crippen molar-refractivity contribution in [1.82, 2.24) is 5.32 Å². The van der Waals surface area contributed by atoms with Gasteiger partial charge in [0.1, 0.15) is 0 Å². The van der Waals surface area contributed by atoms with E-state index in [1.807, 2.05) is 0 Å². The summed E-state index contributed by atoms with van der Waals surface area (Å²) in [5.74, 6) is 2.08. The first kappa shape index (κ1) is 12.0. The Labute approximate surface area is 90.2 Å². The number of rotatable bonds is 3. The van der Waals surface area contributed by atoms with Crippen molar-refractivity contribution in [2.24, 2.45) is 5.73 Å². The number of terminal acetylenes is 1. The molecule has 1 aliphatic carbocycles. The molecule has 1 unspecified atom stereocenters. The average molecular weight is 210 g/mol. The summed E-state index contributed by atoms with van der Waals surface area (Å²) in [4.78, 5) is 11.5. The summed E-state index contributed by atoms with van der Waals surface area (Å²) in [5, 5.41) is 12.4. The van der Waals surface area contributed by atoms with Crippen LogP contribution in [0.25, 0.3) is 0 Å². The van der Waals surface area contributed by atoms with E-state index in [9.17, 15) is 9.90 Å². The summed E-state index contributed by atoms with van der Waals surface area (Å²) in [6.07, 6.45) is 8.47. The molecule has 1 fully saturated rings. The lowest BCUT2D eigenvalue weighted by Gasteiger charge is -2.29. The minimum absolute atomic E-state index is 0.157. The van der Waals surface area contributed by atoms with Crippen molar-refractivity contribution in [3.05, 3.63) is 0 Å². The molecule has 1 rings (SSSR count). The van der Waals surface area contributed by atoms with Gasteiger partial charge in [-0.1, -0.05) is 12.8 Å². The van der Waals surface area contributed by atoms with Crippen LogP contribution >= 0.6 is 0 Å². The van der Waals surface area contributed by atoms with Crippen molar-refractivity contribution < 1.29 is 9.90 Å². The Hall–Kier alpha value is -1.05. The number of hydrogen-bond donors (Lipinski definition) is 3. The van der Waals surface area contributed by atoms with E-state index in [2.05, 4.69) is 11.2 Å². The lowest BCUT2D eigenvalue weighted by molar-refractivity contribution is -0.124. The number of amides is 1. The van der Waals surface area contributed by atoms with E-state index >= 15 is 0 Å². The number of nitrogens with two attached hydrogens (primary N) is 1. The molecule has 0 aliphatic heterocycles. The molecule has 0 bridgehead atoms. The van der Waals surface area contributed by atoms with Gasteiger partial charge in [-0.2, -0.15) is 0 Å². The van der Waals surface area contributed by atoms with Crippen molar-refractivity contribution in [2.75, 3.05) is 0 Å². The zero-order chi connectivity index (χ0) is 11.3. The zero-order valence-corrected chi connectivity index (χ0v) is 8.78. The predicted molar refractivity (Wildman–Crippen MR) is 57.8 cm³/mol. The maximum absolute atomic E-state index is 11.5. The molecular formula is C11H18N2O2. The Morgan fingerprint density at radius 2 is 2.27 bits per heavy atom. The van der Waals surface area contributed by atoms with Crippen LogP contribution < -0.4 is 11.1 Å². The van der Waals surface area contributed by atoms with E-state index in [4.69, 9.17) is 12.2 Å². The van der Waals surface area contributed by atoms with Gasteiger partial charge >= 0.3 is 0 Å². The molecule has 1 aliphatic rings. The minimum atomic E-state index is -0.663. The van der Waals surface area contributed by atoms with Crippen LogP contribution in [-0.2, 0) is 4.79 Å². The molecule has 0 radical (unpaired) electrons. The smallest absolute Gasteiger partial charge is 0.238 e. The molecule has 1 amide bonds. The summed E-state index contributed by atoms with van der Waals surface area (Å²) in [5.41, 5.74) is 5.55. The van der Waals surface area contributed by atoms with Crippen molar-refractivity contribution >= 4 is 5.91 Å². The quantitative estimate of drug-likeness (QED) is 0.563. The SMILES string of the molecule is C#CCC(N)C(=O)N[C@H]1CCCC[C@@H]1O. The van der Waals surface area contributed by atoms with Gasteiger partial charge in [0.2, 0.25) is 5.91 Å². The summed E-state index contributed by atoms with van der Waals surface area (Å²) >= 11 is 0. The predicted octanol–water partition coefficient (Wildman–Crippen LogP) is -0.243. The van der Waals surface area contributed by atoms with E-state index in [1.54, 1.807) is 0 Å². The maximum atomic E-state index is 11.5. The molecule has 0 saturated heterocycles. The molecule has 4 N–H and O–H groups in total. The van der Waals surface area contributed by atoms with Crippen LogP contribution in [0.2, 0.25) is 0 Å². The Bertz CT molecular complexity index is 260. The number of carbonyl (C=O) groups is 1. The summed E-state index contributed by atoms with van der Waals surface area (Å²) in [6.45, 7) is 0. The summed E-state index contributed by atoms with van der Waals surface area (Å²) < 4.78 is 0. The Morgan fingerprint density at radius 1 is 1.60 bits per heavy atom. The number of nitrogens with one attached hydrogen (secondary N) is 1. The summed E-state index contributed by atoms with van der Waals surface area (Å²) in [7, 11) is 0. The van der Waals surface area contributed by atoms with E-state index in [0.29, 0.717) is 0 Å². The fourth-order valence-electron chi connectivity index (χ4n) is 1.79. The van der Waals surface area contributed by atoms with Gasteiger partial charge in [0.25, 0.3) is 0 Å². The highest BCUT2D eigenvalue weighted by Crippen LogP contribution is 2.18. The van der Waals surface area contributed by atoms with Gasteiger partial charge < -0.3 is 16.2 Å². The van der Waals surface area contributed by atoms with E-state index in [-0.39, 0.29) is 18.4 Å². The molecule has 0 aromatic carbocycles. The van der Waals surface area contributed by atoms with Gasteiger partial charge in [-0.15, -0.1) is 12.3 Å². The fraction of sp³-hybridized carbons (Fsp3) is 0.727. The minimum Gasteiger partial charge on any atom is -0.391 e. The monoisotopic (exact) mass is 210 g/mol. The molecule has 3 atom stereocenters. The molecule has 0 spiro atoms. The normalized spacial score (nSPS) is 27.8. The van der Waals surface area contributed by atoms with Gasteiger partial charge in [0.05, 0.1) is 18.2 Å². The number of carbonyl (C=O) groups excluding carboxylic acids is 1. The number of hydrogen-bond acceptors (Lipinski definition) is 3. The van der Waals surface area contributed by atoms with Crippen LogP contribution in [0.4, 0.5) is 0 Å². The highest BCUT2D eigenvalue weighted by atomic mass is 16.3. The van der Waals surface area contributed by atoms with Crippen molar-refractivity contribution in [3.63, 3.8) is 0 Å². The number of aliphatic hydroxyl groups is 1. The molecule has 1 saturated carbocycles. The topological polar surface area (TPSA) is 75.4 Å². The van der Waals surface area contributed by atoms with E-state index < -0.39 is 12.1 Å². The van der Waals surface area contributed by atoms with Crippen molar-refractivity contribution in [3.8, 4) is 12.3 Å². The van der Waals surface area contributed by atoms with Gasteiger partial charge in [-0.3, -0.25) is 4.79 Å². The van der Waals surface area contributed by atoms with E-state index in [0.717, 1.165) is 25.7 Å². The second-order valence-corrected chi connectivity index (χ2v) is 3.98. The van der Waals surface area contributed by atoms with Gasteiger partial charge in [0, 0.05) is 6.42 Å². The van der Waals surface area contributed by atoms with Crippen LogP contribution in [0.5, 0.6) is 0 Å². The lowest BCUT2D eigenvalue weighted by atomic mass is 9.92. The highest BCUT2D eigenvalue weighted by Gasteiger charge is 2.25. The third-order valence-corrected chi connectivity index (χ3v) is 2.73. The van der Waals surface area contributed by atoms with Crippen molar-refractivity contribution in [2.45, 2.75) is 50.3 Å². The number of aliphatic hydroxyl groups excluding tert-OH is 1. The Kier molecular flexibility index (Phi) is 4.60. The average Bonchev–Trinajstić information content (AvgIpc) is 2.21. The van der Waals surface area contributed by atoms with Gasteiger partial charge in [-0.05, 0) is 12.8 Å². The third-order valence-electron chi connectivity index (χ3n) is 2.73. The molecule has 0 heterocycles. The van der Waals surface area contributed by atoms with Gasteiger partial charge in [-0.25, -0.2) is 0 Å². The molecule has 4 nitrogen and oxygen atoms in total. The second-order valence-electron chi connectivity index (χ2n) is 3.98. The molecule has 4 heteroatoms. The Morgan fingerprint density at radius 3 is 2.87 bits per heavy atom. The Balaban J connectivity index is 2.39. The maximum Gasteiger partial charge on any atom is 0.238 e. The molecular weight excluding hydrogens is 192 g/mol. The lowest BCUT2D eigenvalue weighted by Crippen LogP contribution is -2.50. The first-order valence-corrected chi connectivity index (χ1v) is 5.32. The molecule has 15 heavy (non-hydrogen) atoms. The third kappa shape index (κ3) is 3.54. The van der Waals surface area contributed by atoms with Crippen LogP contribution in [0, 0.1) is 12.3 Å². The molecule has 0 aromatic heterocycles. The van der Waals surface area contributed by atoms with Gasteiger partial charge in [0.15, 0.2) is 0 Å². The van der Waals surface area contributed by atoms with Crippen molar-refractivity contribution in [1.29, 1.82) is 0 Å². The molecule has 0 aromatic rings. The van der Waals surface area contributed by atoms with Crippen LogP contribution in [0.3, 0.4) is 0 Å². The standard InChI is InChI=1S/C11H18N2O2/c1-2-5-8(12)11(15)13-9-6-3-4-7-10(9)14/h1,8-10,14H,3-7,12H2,(H,13,15)/t8?,9-,10-/m0/s1. The zero-order valence-electron chi connectivity index (χ0n) is 8.78. The first-order chi connectivity index (χ1) is 7.15. The van der Waals surface area contributed by atoms with Crippen LogP contribution in [-0.4, -0.2) is 29.2 Å². The highest BCUT2D eigenvalue weighted by molar-refractivity contribution is 5.82. The fourth-order valence-corrected chi connectivity index (χ4v) is 1.79. The second kappa shape index (κ2) is 5.74. The van der Waals surface area contributed by atoms with Crippen LogP contribution in [0.15, 0.2) is 0 Å². The van der Waals surface area contributed by atoms with Crippen LogP contribution in [0.1, 0.15) is 32.1 Å². The first-order valence-electron chi connectivity index (χ1n) is 5.32. The van der Waals surface area contributed by atoms with E-state index in [1.165, 1.54) is 0 Å².